The van der Waals surface area contributed by atoms with Gasteiger partial charge < -0.3 is 15.5 Å². The van der Waals surface area contributed by atoms with Crippen molar-refractivity contribution in [3.8, 4) is 0 Å². The van der Waals surface area contributed by atoms with Gasteiger partial charge in [-0.2, -0.15) is 0 Å². The van der Waals surface area contributed by atoms with E-state index in [2.05, 4.69) is 15.5 Å². The molecule has 4 nitrogen and oxygen atoms in total. The maximum Gasteiger partial charge on any atom is 0.237 e. The first-order chi connectivity index (χ1) is 9.34. The second-order valence-electron chi connectivity index (χ2n) is 6.43. The molecule has 0 bridgehead atoms. The van der Waals surface area contributed by atoms with Crippen molar-refractivity contribution in [1.82, 2.24) is 15.5 Å². The number of fused-ring (bicyclic) bond motifs is 1. The van der Waals surface area contributed by atoms with E-state index in [0.29, 0.717) is 5.92 Å². The molecule has 0 spiro atoms. The van der Waals surface area contributed by atoms with E-state index in [-0.39, 0.29) is 11.9 Å². The molecule has 1 amide bonds. The minimum Gasteiger partial charge on any atom is -0.355 e. The second kappa shape index (κ2) is 6.23. The third-order valence-corrected chi connectivity index (χ3v) is 5.18. The van der Waals surface area contributed by atoms with E-state index < -0.39 is 0 Å². The molecule has 4 heteroatoms. The highest BCUT2D eigenvalue weighted by molar-refractivity contribution is 5.82. The largest absolute Gasteiger partial charge is 0.355 e. The van der Waals surface area contributed by atoms with Crippen molar-refractivity contribution in [1.29, 1.82) is 0 Å². The van der Waals surface area contributed by atoms with Crippen LogP contribution in [0.3, 0.4) is 0 Å². The van der Waals surface area contributed by atoms with Crippen LogP contribution >= 0.6 is 0 Å². The van der Waals surface area contributed by atoms with Gasteiger partial charge in [0.1, 0.15) is 0 Å². The molecule has 3 unspecified atom stereocenters. The Balaban J connectivity index is 1.34. The molecule has 2 heterocycles. The molecule has 3 rings (SSSR count). The van der Waals surface area contributed by atoms with Gasteiger partial charge in [0.15, 0.2) is 0 Å². The minimum atomic E-state index is 0.0966. The number of carbonyl (C=O) groups excluding carboxylic acids is 1. The first kappa shape index (κ1) is 13.4. The zero-order valence-electron chi connectivity index (χ0n) is 11.9. The van der Waals surface area contributed by atoms with E-state index in [4.69, 9.17) is 0 Å². The van der Waals surface area contributed by atoms with Gasteiger partial charge in [-0.3, -0.25) is 4.79 Å². The van der Waals surface area contributed by atoms with Crippen LogP contribution in [0.1, 0.15) is 38.5 Å². The maximum absolute atomic E-state index is 12.2. The van der Waals surface area contributed by atoms with Gasteiger partial charge in [0.25, 0.3) is 0 Å². The highest BCUT2D eigenvalue weighted by Gasteiger charge is 2.42. The summed E-state index contributed by atoms with van der Waals surface area (Å²) in [7, 11) is 0. The molecule has 0 aromatic carbocycles. The summed E-state index contributed by atoms with van der Waals surface area (Å²) in [5.74, 6) is 1.62. The Hall–Kier alpha value is -0.610. The smallest absolute Gasteiger partial charge is 0.237 e. The Labute approximate surface area is 116 Å². The molecule has 2 N–H and O–H groups in total. The predicted molar refractivity (Wildman–Crippen MR) is 75.9 cm³/mol. The van der Waals surface area contributed by atoms with Crippen LogP contribution in [0.15, 0.2) is 0 Å². The third-order valence-electron chi connectivity index (χ3n) is 5.18. The fourth-order valence-electron chi connectivity index (χ4n) is 4.11. The lowest BCUT2D eigenvalue weighted by Crippen LogP contribution is -2.44. The van der Waals surface area contributed by atoms with Crippen LogP contribution in [0.25, 0.3) is 0 Å². The van der Waals surface area contributed by atoms with Crippen molar-refractivity contribution in [2.75, 3.05) is 32.7 Å². The van der Waals surface area contributed by atoms with Crippen LogP contribution < -0.4 is 10.6 Å². The van der Waals surface area contributed by atoms with Crippen LogP contribution in [0, 0.1) is 11.8 Å². The van der Waals surface area contributed by atoms with E-state index >= 15 is 0 Å². The SMILES string of the molecule is O=C(NCCCN1CCCC1)C1NCC2CCCC21. The average Bonchev–Trinajstić information content (AvgIpc) is 3.10. The quantitative estimate of drug-likeness (QED) is 0.728. The molecule has 3 atom stereocenters. The van der Waals surface area contributed by atoms with Gasteiger partial charge in [-0.1, -0.05) is 6.42 Å². The van der Waals surface area contributed by atoms with E-state index in [1.807, 2.05) is 0 Å². The number of nitrogens with one attached hydrogen (secondary N) is 2. The molecular formula is C15H27N3O. The van der Waals surface area contributed by atoms with Gasteiger partial charge in [0.05, 0.1) is 6.04 Å². The first-order valence-corrected chi connectivity index (χ1v) is 8.08. The fraction of sp³-hybridized carbons (Fsp3) is 0.933. The van der Waals surface area contributed by atoms with Crippen molar-refractivity contribution in [3.63, 3.8) is 0 Å². The number of hydrogen-bond donors (Lipinski definition) is 2. The lowest BCUT2D eigenvalue weighted by molar-refractivity contribution is -0.123. The highest BCUT2D eigenvalue weighted by atomic mass is 16.2. The van der Waals surface area contributed by atoms with Crippen molar-refractivity contribution in [2.45, 2.75) is 44.6 Å². The summed E-state index contributed by atoms with van der Waals surface area (Å²) < 4.78 is 0. The summed E-state index contributed by atoms with van der Waals surface area (Å²) in [5.41, 5.74) is 0. The van der Waals surface area contributed by atoms with Crippen LogP contribution in [-0.4, -0.2) is 49.6 Å². The van der Waals surface area contributed by atoms with Gasteiger partial charge in [-0.05, 0) is 70.1 Å². The lowest BCUT2D eigenvalue weighted by Gasteiger charge is -2.18. The third kappa shape index (κ3) is 3.11. The number of carbonyl (C=O) groups is 1. The second-order valence-corrected chi connectivity index (χ2v) is 6.43. The number of hydrogen-bond acceptors (Lipinski definition) is 3. The van der Waals surface area contributed by atoms with Crippen LogP contribution in [0.2, 0.25) is 0 Å². The summed E-state index contributed by atoms with van der Waals surface area (Å²) >= 11 is 0. The first-order valence-electron chi connectivity index (χ1n) is 8.08. The van der Waals surface area contributed by atoms with Crippen LogP contribution in [0.5, 0.6) is 0 Å². The summed E-state index contributed by atoms with van der Waals surface area (Å²) in [4.78, 5) is 14.7. The van der Waals surface area contributed by atoms with Gasteiger partial charge in [-0.25, -0.2) is 0 Å². The Kier molecular flexibility index (Phi) is 4.38. The molecule has 0 aromatic rings. The topological polar surface area (TPSA) is 44.4 Å². The molecule has 3 fully saturated rings. The Morgan fingerprint density at radius 1 is 1.21 bits per heavy atom. The lowest BCUT2D eigenvalue weighted by atomic mass is 9.93. The fourth-order valence-corrected chi connectivity index (χ4v) is 4.11. The molecular weight excluding hydrogens is 238 g/mol. The minimum absolute atomic E-state index is 0.0966. The number of likely N-dealkylation sites (tertiary alicyclic amines) is 1. The monoisotopic (exact) mass is 265 g/mol. The Morgan fingerprint density at radius 3 is 2.89 bits per heavy atom. The van der Waals surface area contributed by atoms with Crippen LogP contribution in [-0.2, 0) is 4.79 Å². The van der Waals surface area contributed by atoms with Crippen molar-refractivity contribution < 1.29 is 4.79 Å². The van der Waals surface area contributed by atoms with Gasteiger partial charge >= 0.3 is 0 Å². The van der Waals surface area contributed by atoms with Crippen molar-refractivity contribution >= 4 is 5.91 Å². The van der Waals surface area contributed by atoms with E-state index in [1.54, 1.807) is 0 Å². The summed E-state index contributed by atoms with van der Waals surface area (Å²) in [6, 6.07) is 0.0966. The van der Waals surface area contributed by atoms with Gasteiger partial charge in [0, 0.05) is 6.54 Å². The maximum atomic E-state index is 12.2. The molecule has 2 aliphatic heterocycles. The van der Waals surface area contributed by atoms with E-state index in [9.17, 15) is 4.79 Å². The van der Waals surface area contributed by atoms with Gasteiger partial charge in [-0.15, -0.1) is 0 Å². The molecule has 1 saturated carbocycles. The molecule has 3 aliphatic rings. The number of rotatable bonds is 5. The van der Waals surface area contributed by atoms with Crippen LogP contribution in [0.4, 0.5) is 0 Å². The zero-order valence-corrected chi connectivity index (χ0v) is 11.9. The van der Waals surface area contributed by atoms with E-state index in [1.165, 1.54) is 45.2 Å². The molecule has 108 valence electrons. The molecule has 0 aromatic heterocycles. The summed E-state index contributed by atoms with van der Waals surface area (Å²) in [5, 5.41) is 6.55. The predicted octanol–water partition coefficient (Wildman–Crippen LogP) is 0.977. The zero-order chi connectivity index (χ0) is 13.1. The highest BCUT2D eigenvalue weighted by Crippen LogP contribution is 2.37. The number of nitrogens with zero attached hydrogens (tertiary/aromatic N) is 1. The number of amides is 1. The molecule has 2 saturated heterocycles. The van der Waals surface area contributed by atoms with Crippen molar-refractivity contribution in [3.05, 3.63) is 0 Å². The molecule has 19 heavy (non-hydrogen) atoms. The summed E-state index contributed by atoms with van der Waals surface area (Å²) in [6.45, 7) is 5.54. The normalized spacial score (nSPS) is 34.6. The molecule has 1 aliphatic carbocycles. The Bertz CT molecular complexity index is 315. The van der Waals surface area contributed by atoms with Crippen molar-refractivity contribution in [2.24, 2.45) is 11.8 Å². The Morgan fingerprint density at radius 2 is 2.05 bits per heavy atom. The standard InChI is InChI=1S/C15H27N3O/c19-15(14-13-6-3-5-12(13)11-17-14)16-7-4-10-18-8-1-2-9-18/h12-14,17H,1-11H2,(H,16,19). The molecule has 0 radical (unpaired) electrons. The van der Waals surface area contributed by atoms with Gasteiger partial charge in [0.2, 0.25) is 5.91 Å². The summed E-state index contributed by atoms with van der Waals surface area (Å²) in [6.07, 6.45) is 7.66. The van der Waals surface area contributed by atoms with E-state index in [0.717, 1.165) is 32.0 Å². The average molecular weight is 265 g/mol.